The number of nitrogens with zero attached hydrogens (tertiary/aromatic N) is 4. The molecule has 4 heterocycles. The fraction of sp³-hybridized carbons (Fsp3) is 0.222. The molecule has 1 aliphatic rings. The van der Waals surface area contributed by atoms with Crippen molar-refractivity contribution < 1.29 is 13.2 Å². The first-order valence-electron chi connectivity index (χ1n) is 11.7. The molecular formula is C27H21ClF3N5O. The highest BCUT2D eigenvalue weighted by molar-refractivity contribution is 6.31. The van der Waals surface area contributed by atoms with Crippen LogP contribution in [0.4, 0.5) is 13.2 Å². The van der Waals surface area contributed by atoms with E-state index in [0.717, 1.165) is 22.1 Å². The summed E-state index contributed by atoms with van der Waals surface area (Å²) in [6.07, 6.45) is 6.67. The van der Waals surface area contributed by atoms with Gasteiger partial charge < -0.3 is 0 Å². The molecule has 0 radical (unpaired) electrons. The Morgan fingerprint density at radius 1 is 1.14 bits per heavy atom. The van der Waals surface area contributed by atoms with Gasteiger partial charge in [-0.3, -0.25) is 24.0 Å². The summed E-state index contributed by atoms with van der Waals surface area (Å²) in [4.78, 5) is 17.9. The summed E-state index contributed by atoms with van der Waals surface area (Å²) in [5, 5.41) is 7.51. The number of nitrogens with one attached hydrogen (secondary N) is 1. The van der Waals surface area contributed by atoms with Crippen LogP contribution in [0, 0.1) is 19.7 Å². The predicted octanol–water partition coefficient (Wildman–Crippen LogP) is 6.65. The Morgan fingerprint density at radius 3 is 2.70 bits per heavy atom. The van der Waals surface area contributed by atoms with Crippen LogP contribution in [0.1, 0.15) is 47.2 Å². The minimum absolute atomic E-state index is 0.0219. The molecule has 6 rings (SSSR count). The third kappa shape index (κ3) is 3.94. The molecule has 1 fully saturated rings. The monoisotopic (exact) mass is 523 g/mol. The zero-order valence-electron chi connectivity index (χ0n) is 19.8. The van der Waals surface area contributed by atoms with Gasteiger partial charge in [0.05, 0.1) is 23.1 Å². The molecule has 0 saturated heterocycles. The molecule has 0 unspecified atom stereocenters. The van der Waals surface area contributed by atoms with E-state index in [-0.39, 0.29) is 22.4 Å². The van der Waals surface area contributed by atoms with Crippen LogP contribution in [-0.4, -0.2) is 24.3 Å². The van der Waals surface area contributed by atoms with E-state index in [0.29, 0.717) is 33.5 Å². The maximum absolute atomic E-state index is 14.9. The van der Waals surface area contributed by atoms with Crippen LogP contribution in [0.2, 0.25) is 5.02 Å². The van der Waals surface area contributed by atoms with E-state index < -0.39 is 17.9 Å². The third-order valence-corrected chi connectivity index (χ3v) is 7.44. The van der Waals surface area contributed by atoms with Gasteiger partial charge in [0, 0.05) is 35.2 Å². The summed E-state index contributed by atoms with van der Waals surface area (Å²) in [6, 6.07) is 8.25. The number of rotatable bonds is 5. The summed E-state index contributed by atoms with van der Waals surface area (Å²) in [5.74, 6) is -0.442. The molecule has 2 atom stereocenters. The first-order valence-corrected chi connectivity index (χ1v) is 12.1. The highest BCUT2D eigenvalue weighted by atomic mass is 35.5. The van der Waals surface area contributed by atoms with E-state index in [2.05, 4.69) is 15.2 Å². The number of fused-ring (bicyclic) bond motifs is 1. The van der Waals surface area contributed by atoms with Crippen LogP contribution in [-0.2, 0) is 0 Å². The van der Waals surface area contributed by atoms with Gasteiger partial charge in [0.25, 0.3) is 5.56 Å². The summed E-state index contributed by atoms with van der Waals surface area (Å²) in [6.45, 7) is 1.03. The quantitative estimate of drug-likeness (QED) is 0.280. The molecule has 0 aliphatic heterocycles. The number of aryl methyl sites for hydroxylation is 2. The lowest BCUT2D eigenvalue weighted by Gasteiger charge is -2.17. The molecule has 188 valence electrons. The molecule has 1 saturated carbocycles. The Bertz CT molecular complexity index is 1740. The number of aromatic nitrogens is 5. The van der Waals surface area contributed by atoms with Crippen molar-refractivity contribution in [2.45, 2.75) is 38.7 Å². The lowest BCUT2D eigenvalue weighted by molar-refractivity contribution is 0.0706. The van der Waals surface area contributed by atoms with Crippen molar-refractivity contribution in [1.82, 2.24) is 24.3 Å². The Labute approximate surface area is 214 Å². The highest BCUT2D eigenvalue weighted by Crippen LogP contribution is 2.56. The SMILES string of the molecule is Cc1cnc(-c2cc3[nH]ncc3cc2F)cc1-n1c(C)cc([C@H]2C[C@@H]2c2ccn(C(F)F)c2)c(Cl)c1=O. The fourth-order valence-electron chi connectivity index (χ4n) is 5.04. The number of halogens is 4. The molecular weight excluding hydrogens is 503 g/mol. The van der Waals surface area contributed by atoms with Gasteiger partial charge in [-0.05, 0) is 79.1 Å². The van der Waals surface area contributed by atoms with Crippen molar-refractivity contribution in [2.24, 2.45) is 0 Å². The van der Waals surface area contributed by atoms with Gasteiger partial charge in [-0.2, -0.15) is 13.9 Å². The molecule has 1 aromatic carbocycles. The molecule has 0 bridgehead atoms. The molecule has 1 aliphatic carbocycles. The molecule has 6 nitrogen and oxygen atoms in total. The summed E-state index contributed by atoms with van der Waals surface area (Å²) in [7, 11) is 0. The second-order valence-electron chi connectivity index (χ2n) is 9.46. The zero-order chi connectivity index (χ0) is 26.0. The smallest absolute Gasteiger partial charge is 0.298 e. The second kappa shape index (κ2) is 8.62. The van der Waals surface area contributed by atoms with Crippen LogP contribution >= 0.6 is 11.6 Å². The van der Waals surface area contributed by atoms with E-state index in [9.17, 15) is 18.0 Å². The molecule has 5 aromatic rings. The van der Waals surface area contributed by atoms with Gasteiger partial charge in [0.2, 0.25) is 0 Å². The second-order valence-corrected chi connectivity index (χ2v) is 9.84. The standard InChI is InChI=1S/C27H21ClF3N5O/c1-13-10-32-23(20-8-22-16(6-21(20)29)11-33-34-22)9-24(13)36-14(2)5-19(25(28)26(36)37)18-7-17(18)15-3-4-35(12-15)27(30)31/h3-6,8-12,17-18,27H,7H2,1-2H3,(H,33,34)/t17-,18+/m1/s1. The van der Waals surface area contributed by atoms with E-state index in [1.54, 1.807) is 30.6 Å². The number of aromatic amines is 1. The number of hydrogen-bond acceptors (Lipinski definition) is 3. The van der Waals surface area contributed by atoms with Gasteiger partial charge in [-0.15, -0.1) is 0 Å². The Kier molecular flexibility index (Phi) is 5.49. The first-order chi connectivity index (χ1) is 17.7. The topological polar surface area (TPSA) is 68.5 Å². The Hall–Kier alpha value is -3.85. The normalized spacial score (nSPS) is 17.2. The van der Waals surface area contributed by atoms with Crippen LogP contribution in [0.5, 0.6) is 0 Å². The van der Waals surface area contributed by atoms with Gasteiger partial charge in [0.15, 0.2) is 0 Å². The van der Waals surface area contributed by atoms with Crippen molar-refractivity contribution >= 4 is 22.5 Å². The zero-order valence-corrected chi connectivity index (χ0v) is 20.6. The number of pyridine rings is 2. The van der Waals surface area contributed by atoms with Crippen LogP contribution < -0.4 is 5.56 Å². The first kappa shape index (κ1) is 23.5. The lowest BCUT2D eigenvalue weighted by atomic mass is 10.0. The molecule has 1 N–H and O–H groups in total. The van der Waals surface area contributed by atoms with Gasteiger partial charge in [-0.1, -0.05) is 11.6 Å². The molecule has 4 aromatic heterocycles. The molecule has 0 amide bonds. The van der Waals surface area contributed by atoms with Crippen molar-refractivity contribution in [3.05, 3.63) is 98.7 Å². The predicted molar refractivity (Wildman–Crippen MR) is 135 cm³/mol. The minimum Gasteiger partial charge on any atom is -0.298 e. The van der Waals surface area contributed by atoms with Crippen LogP contribution in [0.25, 0.3) is 27.8 Å². The molecule has 10 heteroatoms. The van der Waals surface area contributed by atoms with E-state index >= 15 is 0 Å². The van der Waals surface area contributed by atoms with E-state index in [4.69, 9.17) is 11.6 Å². The number of benzene rings is 1. The number of H-pyrrole nitrogens is 1. The average molecular weight is 524 g/mol. The fourth-order valence-corrected chi connectivity index (χ4v) is 5.32. The maximum Gasteiger partial charge on any atom is 0.318 e. The van der Waals surface area contributed by atoms with Crippen molar-refractivity contribution in [3.63, 3.8) is 0 Å². The number of alkyl halides is 2. The van der Waals surface area contributed by atoms with E-state index in [1.165, 1.54) is 23.0 Å². The van der Waals surface area contributed by atoms with Crippen molar-refractivity contribution in [2.75, 3.05) is 0 Å². The van der Waals surface area contributed by atoms with Crippen LogP contribution in [0.3, 0.4) is 0 Å². The van der Waals surface area contributed by atoms with Crippen molar-refractivity contribution in [3.8, 4) is 16.9 Å². The molecule has 0 spiro atoms. The third-order valence-electron chi connectivity index (χ3n) is 7.06. The maximum atomic E-state index is 14.9. The van der Waals surface area contributed by atoms with Gasteiger partial charge in [0.1, 0.15) is 10.8 Å². The minimum atomic E-state index is -2.59. The average Bonchev–Trinajstić information content (AvgIpc) is 3.26. The molecule has 37 heavy (non-hydrogen) atoms. The van der Waals surface area contributed by atoms with Gasteiger partial charge in [-0.25, -0.2) is 4.39 Å². The van der Waals surface area contributed by atoms with Crippen molar-refractivity contribution in [1.29, 1.82) is 0 Å². The Balaban J connectivity index is 1.39. The summed E-state index contributed by atoms with van der Waals surface area (Å²) in [5.41, 5.74) is 4.36. The largest absolute Gasteiger partial charge is 0.318 e. The summed E-state index contributed by atoms with van der Waals surface area (Å²) < 4.78 is 43.2. The Morgan fingerprint density at radius 2 is 1.95 bits per heavy atom. The van der Waals surface area contributed by atoms with Gasteiger partial charge >= 0.3 is 6.55 Å². The van der Waals surface area contributed by atoms with Crippen LogP contribution in [0.15, 0.2) is 59.9 Å². The number of hydrogen-bond donors (Lipinski definition) is 1. The highest BCUT2D eigenvalue weighted by Gasteiger charge is 2.42. The summed E-state index contributed by atoms with van der Waals surface area (Å²) >= 11 is 6.61. The van der Waals surface area contributed by atoms with E-state index in [1.807, 2.05) is 19.9 Å². The lowest BCUT2D eigenvalue weighted by Crippen LogP contribution is -2.23.